The van der Waals surface area contributed by atoms with Crippen LogP contribution in [0.1, 0.15) is 27.8 Å². The fraction of sp³-hybridized carbons (Fsp3) is 0.222. The van der Waals surface area contributed by atoms with Gasteiger partial charge >= 0.3 is 6.03 Å². The molecule has 0 atom stereocenters. The Labute approximate surface area is 146 Å². The van der Waals surface area contributed by atoms with Crippen LogP contribution in [0.5, 0.6) is 5.75 Å². The molecule has 0 aliphatic heterocycles. The molecular formula is C18H20ClN3O2. The summed E-state index contributed by atoms with van der Waals surface area (Å²) in [6.45, 7) is 6.48. The summed E-state index contributed by atoms with van der Waals surface area (Å²) in [7, 11) is 0. The van der Waals surface area contributed by atoms with Crippen molar-refractivity contribution in [3.8, 4) is 5.75 Å². The van der Waals surface area contributed by atoms with E-state index in [9.17, 15) is 4.79 Å². The van der Waals surface area contributed by atoms with Crippen molar-refractivity contribution in [1.82, 2.24) is 5.43 Å². The van der Waals surface area contributed by atoms with Crippen molar-refractivity contribution in [2.24, 2.45) is 10.8 Å². The first-order chi connectivity index (χ1) is 11.4. The molecule has 0 aliphatic rings. The van der Waals surface area contributed by atoms with Crippen molar-refractivity contribution in [2.75, 3.05) is 0 Å². The maximum Gasteiger partial charge on any atom is 0.332 e. The zero-order valence-corrected chi connectivity index (χ0v) is 14.6. The van der Waals surface area contributed by atoms with Gasteiger partial charge in [-0.25, -0.2) is 10.2 Å². The molecule has 0 spiro atoms. The maximum atomic E-state index is 10.7. The Morgan fingerprint density at radius 3 is 2.54 bits per heavy atom. The van der Waals surface area contributed by atoms with Gasteiger partial charge in [0.15, 0.2) is 0 Å². The summed E-state index contributed by atoms with van der Waals surface area (Å²) in [5.41, 5.74) is 12.5. The molecule has 0 aliphatic carbocycles. The van der Waals surface area contributed by atoms with E-state index in [0.717, 1.165) is 33.6 Å². The van der Waals surface area contributed by atoms with E-state index >= 15 is 0 Å². The summed E-state index contributed by atoms with van der Waals surface area (Å²) in [5, 5.41) is 4.53. The number of carbonyl (C=O) groups is 1. The van der Waals surface area contributed by atoms with E-state index < -0.39 is 6.03 Å². The van der Waals surface area contributed by atoms with Crippen LogP contribution >= 0.6 is 11.6 Å². The molecule has 5 nitrogen and oxygen atoms in total. The van der Waals surface area contributed by atoms with E-state index in [1.54, 1.807) is 18.3 Å². The summed E-state index contributed by atoms with van der Waals surface area (Å²) in [6, 6.07) is 8.62. The van der Waals surface area contributed by atoms with E-state index in [4.69, 9.17) is 22.1 Å². The second-order valence-electron chi connectivity index (χ2n) is 5.50. The molecule has 0 bridgehead atoms. The van der Waals surface area contributed by atoms with E-state index in [0.29, 0.717) is 11.6 Å². The molecule has 2 amide bonds. The van der Waals surface area contributed by atoms with Crippen LogP contribution < -0.4 is 15.9 Å². The summed E-state index contributed by atoms with van der Waals surface area (Å²) in [5.74, 6) is 0.754. The fourth-order valence-corrected chi connectivity index (χ4v) is 2.64. The molecule has 0 saturated heterocycles. The van der Waals surface area contributed by atoms with Gasteiger partial charge in [-0.2, -0.15) is 5.10 Å². The molecule has 126 valence electrons. The molecule has 0 aromatic heterocycles. The molecule has 0 fully saturated rings. The quantitative estimate of drug-likeness (QED) is 0.638. The molecule has 0 radical (unpaired) electrons. The van der Waals surface area contributed by atoms with E-state index in [1.807, 2.05) is 32.9 Å². The maximum absolute atomic E-state index is 10.7. The van der Waals surface area contributed by atoms with Crippen LogP contribution in [-0.2, 0) is 6.61 Å². The Morgan fingerprint density at radius 2 is 1.92 bits per heavy atom. The average molecular weight is 346 g/mol. The number of nitrogens with one attached hydrogen (secondary N) is 1. The minimum atomic E-state index is -0.694. The molecule has 3 N–H and O–H groups in total. The number of hydrogen-bond donors (Lipinski definition) is 2. The molecule has 2 aromatic carbocycles. The van der Waals surface area contributed by atoms with Crippen LogP contribution in [0.4, 0.5) is 4.79 Å². The lowest BCUT2D eigenvalue weighted by molar-refractivity contribution is 0.249. The predicted octanol–water partition coefficient (Wildman–Crippen LogP) is 3.85. The highest BCUT2D eigenvalue weighted by Gasteiger charge is 2.11. The monoisotopic (exact) mass is 345 g/mol. The van der Waals surface area contributed by atoms with Gasteiger partial charge in [0.2, 0.25) is 0 Å². The molecule has 0 heterocycles. The third-order valence-corrected chi connectivity index (χ3v) is 4.01. The second-order valence-corrected chi connectivity index (χ2v) is 5.94. The first-order valence-electron chi connectivity index (χ1n) is 7.45. The summed E-state index contributed by atoms with van der Waals surface area (Å²) >= 11 is 5.88. The van der Waals surface area contributed by atoms with Crippen molar-refractivity contribution < 1.29 is 9.53 Å². The standard InChI is InChI=1S/C18H20ClN3O2/c1-11-8-12(2)17(10-24-15-6-4-14(19)5-7-15)13(3)16(11)9-21-22-18(20)23/h4-9H,10H2,1-3H3,(H3,20,22,23). The van der Waals surface area contributed by atoms with Gasteiger partial charge in [0.25, 0.3) is 0 Å². The number of primary amides is 1. The fourth-order valence-electron chi connectivity index (χ4n) is 2.51. The predicted molar refractivity (Wildman–Crippen MR) is 96.8 cm³/mol. The number of nitrogens with zero attached hydrogens (tertiary/aromatic N) is 1. The van der Waals surface area contributed by atoms with E-state index in [-0.39, 0.29) is 0 Å². The SMILES string of the molecule is Cc1cc(C)c(COc2ccc(Cl)cc2)c(C)c1C=NNC(N)=O. The Morgan fingerprint density at radius 1 is 1.25 bits per heavy atom. The molecular weight excluding hydrogens is 326 g/mol. The number of halogens is 1. The zero-order valence-electron chi connectivity index (χ0n) is 13.9. The van der Waals surface area contributed by atoms with Gasteiger partial charge in [-0.3, -0.25) is 0 Å². The van der Waals surface area contributed by atoms with E-state index in [1.165, 1.54) is 0 Å². The summed E-state index contributed by atoms with van der Waals surface area (Å²) < 4.78 is 5.85. The van der Waals surface area contributed by atoms with Crippen LogP contribution in [0.2, 0.25) is 5.02 Å². The van der Waals surface area contributed by atoms with Gasteiger partial charge in [-0.05, 0) is 67.3 Å². The number of carbonyl (C=O) groups excluding carboxylic acids is 1. The number of ether oxygens (including phenoxy) is 1. The molecule has 0 saturated carbocycles. The number of hydrogen-bond acceptors (Lipinski definition) is 3. The van der Waals surface area contributed by atoms with Crippen molar-refractivity contribution >= 4 is 23.8 Å². The van der Waals surface area contributed by atoms with E-state index in [2.05, 4.69) is 16.6 Å². The van der Waals surface area contributed by atoms with Gasteiger partial charge in [0.1, 0.15) is 12.4 Å². The van der Waals surface area contributed by atoms with Crippen molar-refractivity contribution in [1.29, 1.82) is 0 Å². The number of rotatable bonds is 5. The molecule has 6 heteroatoms. The van der Waals surface area contributed by atoms with Gasteiger partial charge in [0, 0.05) is 10.6 Å². The van der Waals surface area contributed by atoms with Crippen LogP contribution in [0.25, 0.3) is 0 Å². The van der Waals surface area contributed by atoms with Gasteiger partial charge in [-0.15, -0.1) is 0 Å². The highest BCUT2D eigenvalue weighted by atomic mass is 35.5. The van der Waals surface area contributed by atoms with Crippen molar-refractivity contribution in [2.45, 2.75) is 27.4 Å². The Bertz CT molecular complexity index is 771. The Balaban J connectivity index is 2.24. The zero-order chi connectivity index (χ0) is 17.7. The highest BCUT2D eigenvalue weighted by Crippen LogP contribution is 2.23. The van der Waals surface area contributed by atoms with Crippen LogP contribution in [0.15, 0.2) is 35.4 Å². The van der Waals surface area contributed by atoms with Gasteiger partial charge in [-0.1, -0.05) is 17.7 Å². The third-order valence-electron chi connectivity index (χ3n) is 3.76. The van der Waals surface area contributed by atoms with Crippen molar-refractivity contribution in [3.63, 3.8) is 0 Å². The smallest absolute Gasteiger partial charge is 0.332 e. The number of amides is 2. The minimum absolute atomic E-state index is 0.434. The summed E-state index contributed by atoms with van der Waals surface area (Å²) in [4.78, 5) is 10.7. The largest absolute Gasteiger partial charge is 0.489 e. The highest BCUT2D eigenvalue weighted by molar-refractivity contribution is 6.30. The number of aryl methyl sites for hydroxylation is 2. The lowest BCUT2D eigenvalue weighted by atomic mass is 9.94. The van der Waals surface area contributed by atoms with Crippen LogP contribution in [0.3, 0.4) is 0 Å². The van der Waals surface area contributed by atoms with Crippen molar-refractivity contribution in [3.05, 3.63) is 63.2 Å². The van der Waals surface area contributed by atoms with Gasteiger partial charge < -0.3 is 10.5 Å². The third kappa shape index (κ3) is 4.49. The first kappa shape index (κ1) is 17.8. The molecule has 0 unspecified atom stereocenters. The number of nitrogens with two attached hydrogens (primary N) is 1. The number of hydrazone groups is 1. The first-order valence-corrected chi connectivity index (χ1v) is 7.83. The lowest BCUT2D eigenvalue weighted by Crippen LogP contribution is -2.24. The molecule has 2 rings (SSSR count). The molecule has 2 aromatic rings. The Kier molecular flexibility index (Phi) is 5.82. The number of urea groups is 1. The second kappa shape index (κ2) is 7.84. The minimum Gasteiger partial charge on any atom is -0.489 e. The van der Waals surface area contributed by atoms with Crippen LogP contribution in [-0.4, -0.2) is 12.2 Å². The summed E-state index contributed by atoms with van der Waals surface area (Å²) in [6.07, 6.45) is 1.60. The molecule has 24 heavy (non-hydrogen) atoms. The van der Waals surface area contributed by atoms with Crippen LogP contribution in [0, 0.1) is 20.8 Å². The average Bonchev–Trinajstić information content (AvgIpc) is 2.51. The topological polar surface area (TPSA) is 76.7 Å². The lowest BCUT2D eigenvalue weighted by Gasteiger charge is -2.16. The normalized spacial score (nSPS) is 10.8. The Hall–Kier alpha value is -2.53. The number of benzene rings is 2. The van der Waals surface area contributed by atoms with Gasteiger partial charge in [0.05, 0.1) is 6.21 Å².